The molecule has 6 heteroatoms. The van der Waals surface area contributed by atoms with Crippen molar-refractivity contribution in [3.05, 3.63) is 48.3 Å². The van der Waals surface area contributed by atoms with Crippen molar-refractivity contribution in [1.82, 2.24) is 24.3 Å². The van der Waals surface area contributed by atoms with Crippen LogP contribution in [-0.4, -0.2) is 24.3 Å². The van der Waals surface area contributed by atoms with Crippen molar-refractivity contribution in [1.29, 1.82) is 0 Å². The molecule has 0 aromatic carbocycles. The molecule has 0 aliphatic carbocycles. The minimum Gasteiger partial charge on any atom is -0.384 e. The van der Waals surface area contributed by atoms with E-state index in [0.717, 1.165) is 23.5 Å². The summed E-state index contributed by atoms with van der Waals surface area (Å²) >= 11 is 0. The first kappa shape index (κ1) is 12.4. The Balaban J connectivity index is 1.96. The van der Waals surface area contributed by atoms with Crippen LogP contribution < -0.4 is 5.73 Å². The molecule has 0 fully saturated rings. The molecule has 3 heterocycles. The minimum atomic E-state index is 0.507. The minimum absolute atomic E-state index is 0.507. The molecule has 0 radical (unpaired) electrons. The van der Waals surface area contributed by atoms with E-state index < -0.39 is 0 Å². The average molecular weight is 268 g/mol. The Hall–Kier alpha value is -2.63. The lowest BCUT2D eigenvalue weighted by atomic mass is 10.2. The highest BCUT2D eigenvalue weighted by molar-refractivity contribution is 5.61. The maximum atomic E-state index is 5.74. The number of nitrogen functional groups attached to an aromatic ring is 1. The number of aryl methyl sites for hydroxylation is 2. The number of hydrogen-bond donors (Lipinski definition) is 1. The van der Waals surface area contributed by atoms with E-state index in [9.17, 15) is 0 Å². The van der Waals surface area contributed by atoms with E-state index in [1.165, 1.54) is 5.56 Å². The Morgan fingerprint density at radius 1 is 1.35 bits per heavy atom. The molecule has 0 saturated heterocycles. The molecule has 0 spiro atoms. The van der Waals surface area contributed by atoms with Crippen molar-refractivity contribution in [3.63, 3.8) is 0 Å². The number of nitrogens with two attached hydrogens (primary N) is 1. The van der Waals surface area contributed by atoms with Gasteiger partial charge in [-0.15, -0.1) is 0 Å². The van der Waals surface area contributed by atoms with Gasteiger partial charge >= 0.3 is 0 Å². The van der Waals surface area contributed by atoms with E-state index in [2.05, 4.69) is 19.6 Å². The summed E-state index contributed by atoms with van der Waals surface area (Å²) in [5, 5.41) is 4.36. The maximum Gasteiger partial charge on any atom is 0.123 e. The van der Waals surface area contributed by atoms with E-state index in [0.29, 0.717) is 5.82 Å². The van der Waals surface area contributed by atoms with Crippen molar-refractivity contribution in [2.24, 2.45) is 7.05 Å². The molecule has 0 bridgehead atoms. The second-order valence-electron chi connectivity index (χ2n) is 4.79. The lowest BCUT2D eigenvalue weighted by Gasteiger charge is -2.08. The summed E-state index contributed by atoms with van der Waals surface area (Å²) in [6.07, 6.45) is 7.39. The smallest absolute Gasteiger partial charge is 0.123 e. The van der Waals surface area contributed by atoms with E-state index >= 15 is 0 Å². The van der Waals surface area contributed by atoms with Gasteiger partial charge in [-0.05, 0) is 19.1 Å². The van der Waals surface area contributed by atoms with E-state index in [1.54, 1.807) is 6.20 Å². The number of imidazole rings is 1. The van der Waals surface area contributed by atoms with Crippen molar-refractivity contribution < 1.29 is 0 Å². The molecule has 20 heavy (non-hydrogen) atoms. The Kier molecular flexibility index (Phi) is 2.98. The van der Waals surface area contributed by atoms with Crippen LogP contribution in [0.2, 0.25) is 0 Å². The molecule has 3 aromatic rings. The van der Waals surface area contributed by atoms with Gasteiger partial charge in [0.05, 0.1) is 30.5 Å². The molecule has 0 atom stereocenters. The van der Waals surface area contributed by atoms with Gasteiger partial charge in [0.2, 0.25) is 0 Å². The summed E-state index contributed by atoms with van der Waals surface area (Å²) in [5.74, 6) is 0.507. The van der Waals surface area contributed by atoms with Crippen molar-refractivity contribution >= 4 is 5.82 Å². The zero-order chi connectivity index (χ0) is 14.1. The van der Waals surface area contributed by atoms with Crippen LogP contribution in [0.1, 0.15) is 11.3 Å². The highest BCUT2D eigenvalue weighted by atomic mass is 15.3. The fraction of sp³-hybridized carbons (Fsp3) is 0.214. The van der Waals surface area contributed by atoms with Crippen LogP contribution in [0, 0.1) is 6.92 Å². The zero-order valence-electron chi connectivity index (χ0n) is 11.5. The van der Waals surface area contributed by atoms with E-state index in [1.807, 2.05) is 49.5 Å². The Morgan fingerprint density at radius 2 is 2.20 bits per heavy atom. The summed E-state index contributed by atoms with van der Waals surface area (Å²) in [5.41, 5.74) is 9.97. The number of nitrogens with zero attached hydrogens (tertiary/aromatic N) is 5. The lowest BCUT2D eigenvalue weighted by Crippen LogP contribution is -2.01. The number of anilines is 1. The van der Waals surface area contributed by atoms with Gasteiger partial charge in [-0.25, -0.2) is 9.97 Å². The highest BCUT2D eigenvalue weighted by Crippen LogP contribution is 2.21. The molecule has 2 N–H and O–H groups in total. The molecule has 6 nitrogen and oxygen atoms in total. The molecule has 0 aliphatic heterocycles. The molecule has 0 amide bonds. The summed E-state index contributed by atoms with van der Waals surface area (Å²) in [4.78, 5) is 8.25. The third-order valence-corrected chi connectivity index (χ3v) is 3.24. The van der Waals surface area contributed by atoms with Crippen molar-refractivity contribution in [3.8, 4) is 11.3 Å². The predicted molar refractivity (Wildman–Crippen MR) is 76.9 cm³/mol. The van der Waals surface area contributed by atoms with E-state index in [-0.39, 0.29) is 0 Å². The van der Waals surface area contributed by atoms with Crippen LogP contribution in [0.25, 0.3) is 11.3 Å². The molecule has 0 unspecified atom stereocenters. The van der Waals surface area contributed by atoms with E-state index in [4.69, 9.17) is 5.73 Å². The fourth-order valence-electron chi connectivity index (χ4n) is 2.28. The Morgan fingerprint density at radius 3 is 2.90 bits per heavy atom. The number of rotatable bonds is 3. The third kappa shape index (κ3) is 2.27. The van der Waals surface area contributed by atoms with Gasteiger partial charge < -0.3 is 10.3 Å². The Labute approximate surface area is 116 Å². The normalized spacial score (nSPS) is 10.9. The molecular formula is C14H16N6. The number of pyridine rings is 1. The van der Waals surface area contributed by atoms with Crippen LogP contribution in [0.3, 0.4) is 0 Å². The summed E-state index contributed by atoms with van der Waals surface area (Å²) < 4.78 is 3.91. The number of aromatic nitrogens is 5. The molecular weight excluding hydrogens is 252 g/mol. The second kappa shape index (κ2) is 4.80. The SMILES string of the molecule is Cc1nn(C)cc1Cn1cncc1-c1ccnc(N)c1. The summed E-state index contributed by atoms with van der Waals surface area (Å²) in [6.45, 7) is 2.74. The topological polar surface area (TPSA) is 74.5 Å². The fourth-order valence-corrected chi connectivity index (χ4v) is 2.28. The standard InChI is InChI=1S/C14H16N6/c1-10-12(7-19(2)18-10)8-20-9-16-6-13(20)11-3-4-17-14(15)5-11/h3-7,9H,8H2,1-2H3,(H2,15,17). The van der Waals surface area contributed by atoms with Crippen molar-refractivity contribution in [2.45, 2.75) is 13.5 Å². The quantitative estimate of drug-likeness (QED) is 0.783. The highest BCUT2D eigenvalue weighted by Gasteiger charge is 2.09. The predicted octanol–water partition coefficient (Wildman–Crippen LogP) is 1.62. The van der Waals surface area contributed by atoms with Gasteiger partial charge in [-0.3, -0.25) is 4.68 Å². The maximum absolute atomic E-state index is 5.74. The van der Waals surface area contributed by atoms with Gasteiger partial charge in [0.25, 0.3) is 0 Å². The monoisotopic (exact) mass is 268 g/mol. The zero-order valence-corrected chi connectivity index (χ0v) is 11.5. The van der Waals surface area contributed by atoms with Crippen molar-refractivity contribution in [2.75, 3.05) is 5.73 Å². The second-order valence-corrected chi connectivity index (χ2v) is 4.79. The molecule has 3 rings (SSSR count). The van der Waals surface area contributed by atoms with Gasteiger partial charge in [-0.2, -0.15) is 5.10 Å². The van der Waals surface area contributed by atoms with Crippen LogP contribution in [-0.2, 0) is 13.6 Å². The Bertz CT molecular complexity index is 740. The van der Waals surface area contributed by atoms with Crippen LogP contribution >= 0.6 is 0 Å². The lowest BCUT2D eigenvalue weighted by molar-refractivity contribution is 0.755. The largest absolute Gasteiger partial charge is 0.384 e. The van der Waals surface area contributed by atoms with Crippen LogP contribution in [0.15, 0.2) is 37.1 Å². The molecule has 3 aromatic heterocycles. The first-order valence-corrected chi connectivity index (χ1v) is 6.34. The van der Waals surface area contributed by atoms with Gasteiger partial charge in [0.1, 0.15) is 5.82 Å². The third-order valence-electron chi connectivity index (χ3n) is 3.24. The molecule has 0 saturated carbocycles. The average Bonchev–Trinajstić information content (AvgIpc) is 2.97. The van der Waals surface area contributed by atoms with Crippen LogP contribution in [0.5, 0.6) is 0 Å². The van der Waals surface area contributed by atoms with Gasteiger partial charge in [0, 0.05) is 30.6 Å². The number of hydrogen-bond acceptors (Lipinski definition) is 4. The first-order valence-electron chi connectivity index (χ1n) is 6.34. The van der Waals surface area contributed by atoms with Crippen LogP contribution in [0.4, 0.5) is 5.82 Å². The van der Waals surface area contributed by atoms with Gasteiger partial charge in [0.15, 0.2) is 0 Å². The summed E-state index contributed by atoms with van der Waals surface area (Å²) in [7, 11) is 1.93. The molecule has 102 valence electrons. The molecule has 0 aliphatic rings. The first-order chi connectivity index (χ1) is 9.63. The van der Waals surface area contributed by atoms with Gasteiger partial charge in [-0.1, -0.05) is 0 Å². The summed E-state index contributed by atoms with van der Waals surface area (Å²) in [6, 6.07) is 3.78.